The van der Waals surface area contributed by atoms with Gasteiger partial charge in [0.05, 0.1) is 17.6 Å². The van der Waals surface area contributed by atoms with Crippen molar-refractivity contribution in [1.29, 1.82) is 0 Å². The Balaban J connectivity index is 1.53. The van der Waals surface area contributed by atoms with Gasteiger partial charge in [-0.3, -0.25) is 9.59 Å². The van der Waals surface area contributed by atoms with E-state index in [0.717, 1.165) is 11.0 Å². The second kappa shape index (κ2) is 7.71. The van der Waals surface area contributed by atoms with Crippen molar-refractivity contribution >= 4 is 16.9 Å². The van der Waals surface area contributed by atoms with Crippen LogP contribution < -0.4 is 10.7 Å². The molecule has 3 N–H and O–H groups in total. The number of aromatic hydroxyl groups is 1. The summed E-state index contributed by atoms with van der Waals surface area (Å²) in [6.45, 7) is 2.75. The van der Waals surface area contributed by atoms with E-state index >= 15 is 0 Å². The van der Waals surface area contributed by atoms with E-state index in [2.05, 4.69) is 15.3 Å². The number of fused-ring (bicyclic) bond motifs is 1. The number of amides is 1. The second-order valence-corrected chi connectivity index (χ2v) is 7.45. The van der Waals surface area contributed by atoms with Crippen LogP contribution in [0.3, 0.4) is 0 Å². The highest BCUT2D eigenvalue weighted by Crippen LogP contribution is 2.41. The van der Waals surface area contributed by atoms with Gasteiger partial charge in [-0.2, -0.15) is 0 Å². The Kier molecular flexibility index (Phi) is 5.10. The molecule has 4 rings (SSSR count). The van der Waals surface area contributed by atoms with E-state index in [0.29, 0.717) is 37.6 Å². The van der Waals surface area contributed by atoms with Gasteiger partial charge in [-0.15, -0.1) is 0 Å². The summed E-state index contributed by atoms with van der Waals surface area (Å²) in [6.07, 6.45) is 1.03. The number of para-hydroxylation sites is 2. The topological polar surface area (TPSA) is 117 Å². The molecule has 1 saturated heterocycles. The second-order valence-electron chi connectivity index (χ2n) is 7.45. The largest absolute Gasteiger partial charge is 0.502 e. The number of ether oxygens (including phenoxy) is 1. The number of rotatable bonds is 5. The lowest BCUT2D eigenvalue weighted by atomic mass is 9.74. The highest BCUT2D eigenvalue weighted by atomic mass is 16.5. The number of hydrogen-bond donors (Lipinski definition) is 3. The first-order chi connectivity index (χ1) is 14.0. The van der Waals surface area contributed by atoms with Crippen LogP contribution in [0.25, 0.3) is 11.0 Å². The van der Waals surface area contributed by atoms with Crippen molar-refractivity contribution in [2.75, 3.05) is 13.2 Å². The maximum absolute atomic E-state index is 12.8. The molecule has 29 heavy (non-hydrogen) atoms. The standard InChI is InChI=1S/C21H23N3O5/c1-13-10-16(25)19(27)20(29-13)21(6-8-28-9-7-21)11-18(26)22-12-17-23-14-4-2-3-5-15(14)24-17/h2-5,10,27H,6-9,11-12H2,1H3,(H,22,26)(H,23,24). The number of H-pyrrole nitrogens is 1. The van der Waals surface area contributed by atoms with Gasteiger partial charge in [0, 0.05) is 31.1 Å². The molecule has 1 fully saturated rings. The molecule has 152 valence electrons. The number of imidazole rings is 1. The van der Waals surface area contributed by atoms with Crippen LogP contribution in [0, 0.1) is 6.92 Å². The predicted molar refractivity (Wildman–Crippen MR) is 106 cm³/mol. The van der Waals surface area contributed by atoms with Gasteiger partial charge < -0.3 is 24.6 Å². The van der Waals surface area contributed by atoms with E-state index in [1.165, 1.54) is 6.07 Å². The number of benzene rings is 1. The van der Waals surface area contributed by atoms with Crippen LogP contribution in [0.15, 0.2) is 39.5 Å². The fraction of sp³-hybridized carbons (Fsp3) is 0.381. The van der Waals surface area contributed by atoms with Gasteiger partial charge in [0.2, 0.25) is 17.1 Å². The number of aryl methyl sites for hydroxylation is 1. The Morgan fingerprint density at radius 3 is 2.83 bits per heavy atom. The summed E-state index contributed by atoms with van der Waals surface area (Å²) in [5, 5.41) is 13.2. The van der Waals surface area contributed by atoms with Crippen molar-refractivity contribution in [3.8, 4) is 5.75 Å². The first-order valence-electron chi connectivity index (χ1n) is 9.59. The molecule has 8 heteroatoms. The summed E-state index contributed by atoms with van der Waals surface area (Å²) in [5.74, 6) is 0.588. The number of nitrogens with one attached hydrogen (secondary N) is 2. The number of aromatic amines is 1. The molecule has 1 aliphatic heterocycles. The van der Waals surface area contributed by atoms with Gasteiger partial charge >= 0.3 is 0 Å². The summed E-state index contributed by atoms with van der Waals surface area (Å²) in [5.41, 5.74) is 0.455. The molecule has 3 heterocycles. The van der Waals surface area contributed by atoms with Crippen molar-refractivity contribution in [3.05, 3.63) is 57.9 Å². The average molecular weight is 397 g/mol. The summed E-state index contributed by atoms with van der Waals surface area (Å²) in [6, 6.07) is 8.89. The molecule has 1 amide bonds. The van der Waals surface area contributed by atoms with Gasteiger partial charge in [0.25, 0.3) is 0 Å². The van der Waals surface area contributed by atoms with E-state index in [9.17, 15) is 14.7 Å². The maximum Gasteiger partial charge on any atom is 0.227 e. The van der Waals surface area contributed by atoms with Gasteiger partial charge in [-0.1, -0.05) is 12.1 Å². The van der Waals surface area contributed by atoms with E-state index in [1.54, 1.807) is 6.92 Å². The third kappa shape index (κ3) is 3.88. The zero-order chi connectivity index (χ0) is 20.4. The molecule has 2 aromatic heterocycles. The van der Waals surface area contributed by atoms with Gasteiger partial charge in [-0.05, 0) is 31.9 Å². The lowest BCUT2D eigenvalue weighted by Gasteiger charge is -2.35. The smallest absolute Gasteiger partial charge is 0.227 e. The minimum atomic E-state index is -0.786. The molecule has 0 bridgehead atoms. The summed E-state index contributed by atoms with van der Waals surface area (Å²) < 4.78 is 11.2. The predicted octanol–water partition coefficient (Wildman–Crippen LogP) is 2.28. The Morgan fingerprint density at radius 1 is 1.31 bits per heavy atom. The molecule has 0 radical (unpaired) electrons. The van der Waals surface area contributed by atoms with Crippen LogP contribution in [0.1, 0.15) is 36.6 Å². The normalized spacial score (nSPS) is 16.0. The van der Waals surface area contributed by atoms with Crippen LogP contribution in [-0.2, 0) is 21.5 Å². The molecule has 0 spiro atoms. The van der Waals surface area contributed by atoms with Crippen molar-refractivity contribution in [2.24, 2.45) is 0 Å². The van der Waals surface area contributed by atoms with E-state index in [1.807, 2.05) is 24.3 Å². The molecule has 0 unspecified atom stereocenters. The number of carbonyl (C=O) groups is 1. The van der Waals surface area contributed by atoms with Crippen LogP contribution in [0.4, 0.5) is 0 Å². The third-order valence-corrected chi connectivity index (χ3v) is 5.37. The Morgan fingerprint density at radius 2 is 2.07 bits per heavy atom. The molecule has 0 saturated carbocycles. The molecular weight excluding hydrogens is 374 g/mol. The van der Waals surface area contributed by atoms with Crippen LogP contribution >= 0.6 is 0 Å². The van der Waals surface area contributed by atoms with Crippen molar-refractivity contribution < 1.29 is 19.1 Å². The Hall–Kier alpha value is -3.13. The van der Waals surface area contributed by atoms with E-state index in [4.69, 9.17) is 9.15 Å². The lowest BCUT2D eigenvalue weighted by molar-refractivity contribution is -0.123. The molecule has 1 aliphatic rings. The minimum Gasteiger partial charge on any atom is -0.502 e. The fourth-order valence-corrected chi connectivity index (χ4v) is 3.85. The first-order valence-corrected chi connectivity index (χ1v) is 9.59. The highest BCUT2D eigenvalue weighted by molar-refractivity contribution is 5.78. The number of hydrogen-bond acceptors (Lipinski definition) is 6. The monoisotopic (exact) mass is 397 g/mol. The average Bonchev–Trinajstić information content (AvgIpc) is 3.13. The zero-order valence-electron chi connectivity index (χ0n) is 16.2. The van der Waals surface area contributed by atoms with Gasteiger partial charge in [0.1, 0.15) is 11.6 Å². The van der Waals surface area contributed by atoms with Crippen LogP contribution in [0.5, 0.6) is 5.75 Å². The molecule has 0 aliphatic carbocycles. The van der Waals surface area contributed by atoms with E-state index < -0.39 is 16.6 Å². The van der Waals surface area contributed by atoms with Gasteiger partial charge in [-0.25, -0.2) is 4.98 Å². The SMILES string of the molecule is Cc1cc(=O)c(O)c(C2(CC(=O)NCc3nc4ccccc4[nH]3)CCOCC2)o1. The molecule has 3 aromatic rings. The zero-order valence-corrected chi connectivity index (χ0v) is 16.2. The molecule has 8 nitrogen and oxygen atoms in total. The summed E-state index contributed by atoms with van der Waals surface area (Å²) in [4.78, 5) is 32.5. The maximum atomic E-state index is 12.8. The third-order valence-electron chi connectivity index (χ3n) is 5.37. The van der Waals surface area contributed by atoms with Crippen molar-refractivity contribution in [2.45, 2.75) is 38.1 Å². The minimum absolute atomic E-state index is 0.0799. The number of carbonyl (C=O) groups excluding carboxylic acids is 1. The summed E-state index contributed by atoms with van der Waals surface area (Å²) >= 11 is 0. The van der Waals surface area contributed by atoms with Gasteiger partial charge in [0.15, 0.2) is 5.76 Å². The quantitative estimate of drug-likeness (QED) is 0.608. The molecule has 0 atom stereocenters. The summed E-state index contributed by atoms with van der Waals surface area (Å²) in [7, 11) is 0. The van der Waals surface area contributed by atoms with Crippen LogP contribution in [-0.4, -0.2) is 34.2 Å². The van der Waals surface area contributed by atoms with E-state index in [-0.39, 0.29) is 24.6 Å². The highest BCUT2D eigenvalue weighted by Gasteiger charge is 2.41. The molecular formula is C21H23N3O5. The number of aromatic nitrogens is 2. The van der Waals surface area contributed by atoms with Crippen molar-refractivity contribution in [1.82, 2.24) is 15.3 Å². The Labute approximate surface area is 166 Å². The van der Waals surface area contributed by atoms with Crippen LogP contribution in [0.2, 0.25) is 0 Å². The first kappa shape index (κ1) is 19.2. The Bertz CT molecular complexity index is 1060. The fourth-order valence-electron chi connectivity index (χ4n) is 3.85. The number of nitrogens with zero attached hydrogens (tertiary/aromatic N) is 1. The van der Waals surface area contributed by atoms with Crippen molar-refractivity contribution in [3.63, 3.8) is 0 Å². The lowest BCUT2D eigenvalue weighted by Crippen LogP contribution is -2.40. The molecule has 1 aromatic carbocycles.